The number of hydrogen-bond donors (Lipinski definition) is 3. The lowest BCUT2D eigenvalue weighted by molar-refractivity contribution is 0.100. The van der Waals surface area contributed by atoms with Crippen molar-refractivity contribution in [3.63, 3.8) is 0 Å². The molecule has 0 aliphatic heterocycles. The molecule has 82 valence electrons. The van der Waals surface area contributed by atoms with Gasteiger partial charge in [-0.2, -0.15) is 0 Å². The van der Waals surface area contributed by atoms with Gasteiger partial charge in [0.1, 0.15) is 0 Å². The van der Waals surface area contributed by atoms with Crippen molar-refractivity contribution in [1.82, 2.24) is 0 Å². The van der Waals surface area contributed by atoms with Crippen LogP contribution in [0, 0.1) is 0 Å². The SMILES string of the molecule is CC(C)(N)CNc1ccccc1C(N)=O. The zero-order valence-electron chi connectivity index (χ0n) is 9.08. The molecule has 1 rings (SSSR count). The molecule has 5 N–H and O–H groups in total. The summed E-state index contributed by atoms with van der Waals surface area (Å²) in [6, 6.07) is 7.12. The van der Waals surface area contributed by atoms with E-state index in [-0.39, 0.29) is 5.54 Å². The lowest BCUT2D eigenvalue weighted by Gasteiger charge is -2.20. The van der Waals surface area contributed by atoms with Gasteiger partial charge in [-0.05, 0) is 26.0 Å². The Morgan fingerprint density at radius 2 is 2.00 bits per heavy atom. The Morgan fingerprint density at radius 3 is 2.53 bits per heavy atom. The first kappa shape index (κ1) is 11.5. The molecule has 0 bridgehead atoms. The fraction of sp³-hybridized carbons (Fsp3) is 0.364. The number of nitrogens with one attached hydrogen (secondary N) is 1. The molecule has 0 aliphatic rings. The third-order valence-corrected chi connectivity index (χ3v) is 1.93. The zero-order valence-corrected chi connectivity index (χ0v) is 9.08. The lowest BCUT2D eigenvalue weighted by atomic mass is 10.1. The van der Waals surface area contributed by atoms with Gasteiger partial charge < -0.3 is 16.8 Å². The summed E-state index contributed by atoms with van der Waals surface area (Å²) in [4.78, 5) is 11.1. The predicted molar refractivity (Wildman–Crippen MR) is 61.7 cm³/mol. The molecule has 0 unspecified atom stereocenters. The molecule has 0 heterocycles. The van der Waals surface area contributed by atoms with E-state index in [0.29, 0.717) is 12.1 Å². The van der Waals surface area contributed by atoms with Crippen molar-refractivity contribution >= 4 is 11.6 Å². The molecule has 1 aromatic rings. The van der Waals surface area contributed by atoms with E-state index in [1.54, 1.807) is 12.1 Å². The Balaban J connectivity index is 2.81. The molecule has 0 aliphatic carbocycles. The number of anilines is 1. The fourth-order valence-corrected chi connectivity index (χ4v) is 1.18. The predicted octanol–water partition coefficient (Wildman–Crippen LogP) is 0.935. The van der Waals surface area contributed by atoms with Crippen LogP contribution in [0.5, 0.6) is 0 Å². The standard InChI is InChI=1S/C11H17N3O/c1-11(2,13)7-14-9-6-4-3-5-8(9)10(12)15/h3-6,14H,7,13H2,1-2H3,(H2,12,15). The number of nitrogens with two attached hydrogens (primary N) is 2. The summed E-state index contributed by atoms with van der Waals surface area (Å²) < 4.78 is 0. The van der Waals surface area contributed by atoms with E-state index in [1.165, 1.54) is 0 Å². The van der Waals surface area contributed by atoms with Crippen LogP contribution in [0.15, 0.2) is 24.3 Å². The van der Waals surface area contributed by atoms with E-state index < -0.39 is 5.91 Å². The Labute approximate surface area is 89.6 Å². The average Bonchev–Trinajstić information content (AvgIpc) is 2.14. The Kier molecular flexibility index (Phi) is 3.31. The quantitative estimate of drug-likeness (QED) is 0.687. The van der Waals surface area contributed by atoms with Crippen LogP contribution in [0.3, 0.4) is 0 Å². The van der Waals surface area contributed by atoms with Crippen molar-refractivity contribution in [2.75, 3.05) is 11.9 Å². The number of para-hydroxylation sites is 1. The summed E-state index contributed by atoms with van der Waals surface area (Å²) in [6.07, 6.45) is 0. The highest BCUT2D eigenvalue weighted by molar-refractivity contribution is 5.98. The first-order chi connectivity index (χ1) is 6.90. The minimum absolute atomic E-state index is 0.329. The molecule has 4 heteroatoms. The monoisotopic (exact) mass is 207 g/mol. The van der Waals surface area contributed by atoms with Crippen molar-refractivity contribution in [3.05, 3.63) is 29.8 Å². The van der Waals surface area contributed by atoms with Crippen LogP contribution in [0.4, 0.5) is 5.69 Å². The van der Waals surface area contributed by atoms with Gasteiger partial charge in [0.15, 0.2) is 0 Å². The van der Waals surface area contributed by atoms with Crippen molar-refractivity contribution in [1.29, 1.82) is 0 Å². The molecule has 0 radical (unpaired) electrons. The maximum Gasteiger partial charge on any atom is 0.250 e. The first-order valence-electron chi connectivity index (χ1n) is 4.82. The van der Waals surface area contributed by atoms with E-state index in [2.05, 4.69) is 5.32 Å². The highest BCUT2D eigenvalue weighted by Gasteiger charge is 2.12. The topological polar surface area (TPSA) is 81.1 Å². The number of amides is 1. The molecule has 4 nitrogen and oxygen atoms in total. The van der Waals surface area contributed by atoms with Gasteiger partial charge >= 0.3 is 0 Å². The van der Waals surface area contributed by atoms with Gasteiger partial charge in [0.2, 0.25) is 0 Å². The highest BCUT2D eigenvalue weighted by atomic mass is 16.1. The molecule has 15 heavy (non-hydrogen) atoms. The third-order valence-electron chi connectivity index (χ3n) is 1.93. The second kappa shape index (κ2) is 4.31. The molecule has 0 saturated heterocycles. The van der Waals surface area contributed by atoms with Crippen LogP contribution in [-0.4, -0.2) is 18.0 Å². The average molecular weight is 207 g/mol. The van der Waals surface area contributed by atoms with Gasteiger partial charge in [-0.15, -0.1) is 0 Å². The Hall–Kier alpha value is -1.55. The van der Waals surface area contributed by atoms with E-state index >= 15 is 0 Å². The molecule has 0 saturated carbocycles. The molecular formula is C11H17N3O. The Morgan fingerprint density at radius 1 is 1.40 bits per heavy atom. The van der Waals surface area contributed by atoms with E-state index in [4.69, 9.17) is 11.5 Å². The first-order valence-corrected chi connectivity index (χ1v) is 4.82. The van der Waals surface area contributed by atoms with Gasteiger partial charge in [-0.3, -0.25) is 4.79 Å². The van der Waals surface area contributed by atoms with Crippen LogP contribution in [-0.2, 0) is 0 Å². The number of hydrogen-bond acceptors (Lipinski definition) is 3. The van der Waals surface area contributed by atoms with Gasteiger partial charge in [0.25, 0.3) is 5.91 Å². The van der Waals surface area contributed by atoms with Gasteiger partial charge in [-0.25, -0.2) is 0 Å². The number of carbonyl (C=O) groups is 1. The molecule has 1 aromatic carbocycles. The summed E-state index contributed by atoms with van der Waals surface area (Å²) in [5.41, 5.74) is 12.0. The summed E-state index contributed by atoms with van der Waals surface area (Å²) >= 11 is 0. The van der Waals surface area contributed by atoms with Crippen LogP contribution < -0.4 is 16.8 Å². The molecule has 0 atom stereocenters. The van der Waals surface area contributed by atoms with E-state index in [0.717, 1.165) is 5.69 Å². The van der Waals surface area contributed by atoms with Crippen molar-refractivity contribution in [2.45, 2.75) is 19.4 Å². The van der Waals surface area contributed by atoms with Crippen LogP contribution in [0.25, 0.3) is 0 Å². The van der Waals surface area contributed by atoms with E-state index in [1.807, 2.05) is 26.0 Å². The summed E-state index contributed by atoms with van der Waals surface area (Å²) in [5, 5.41) is 3.11. The summed E-state index contributed by atoms with van der Waals surface area (Å²) in [6.45, 7) is 4.40. The molecule has 0 aromatic heterocycles. The number of benzene rings is 1. The maximum absolute atomic E-state index is 11.1. The van der Waals surface area contributed by atoms with Gasteiger partial charge in [-0.1, -0.05) is 12.1 Å². The Bertz CT molecular complexity index is 355. The van der Waals surface area contributed by atoms with E-state index in [9.17, 15) is 4.79 Å². The van der Waals surface area contributed by atoms with Gasteiger partial charge in [0.05, 0.1) is 5.56 Å². The van der Waals surface area contributed by atoms with Crippen LogP contribution in [0.1, 0.15) is 24.2 Å². The van der Waals surface area contributed by atoms with Gasteiger partial charge in [0, 0.05) is 17.8 Å². The van der Waals surface area contributed by atoms with Crippen LogP contribution >= 0.6 is 0 Å². The maximum atomic E-state index is 11.1. The largest absolute Gasteiger partial charge is 0.383 e. The number of primary amides is 1. The van der Waals surface area contributed by atoms with Crippen molar-refractivity contribution in [2.24, 2.45) is 11.5 Å². The van der Waals surface area contributed by atoms with Crippen molar-refractivity contribution in [3.8, 4) is 0 Å². The molecule has 0 fully saturated rings. The minimum Gasteiger partial charge on any atom is -0.383 e. The second-order valence-corrected chi connectivity index (χ2v) is 4.25. The smallest absolute Gasteiger partial charge is 0.250 e. The zero-order chi connectivity index (χ0) is 11.5. The number of rotatable bonds is 4. The molecular weight excluding hydrogens is 190 g/mol. The normalized spacial score (nSPS) is 11.1. The number of carbonyl (C=O) groups excluding carboxylic acids is 1. The molecule has 1 amide bonds. The molecule has 0 spiro atoms. The summed E-state index contributed by atoms with van der Waals surface area (Å²) in [5.74, 6) is -0.437. The summed E-state index contributed by atoms with van der Waals surface area (Å²) in [7, 11) is 0. The van der Waals surface area contributed by atoms with Crippen molar-refractivity contribution < 1.29 is 4.79 Å². The highest BCUT2D eigenvalue weighted by Crippen LogP contribution is 2.14. The van der Waals surface area contributed by atoms with Crippen LogP contribution in [0.2, 0.25) is 0 Å². The lowest BCUT2D eigenvalue weighted by Crippen LogP contribution is -2.39. The third kappa shape index (κ3) is 3.59. The second-order valence-electron chi connectivity index (χ2n) is 4.25. The minimum atomic E-state index is -0.437. The fourth-order valence-electron chi connectivity index (χ4n) is 1.18.